The lowest BCUT2D eigenvalue weighted by Crippen LogP contribution is -2.28. The van der Waals surface area contributed by atoms with Crippen LogP contribution in [0.5, 0.6) is 0 Å². The molecule has 1 aromatic carbocycles. The predicted molar refractivity (Wildman–Crippen MR) is 74.2 cm³/mol. The number of hydrogen-bond donors (Lipinski definition) is 0. The van der Waals surface area contributed by atoms with E-state index in [0.717, 1.165) is 19.2 Å². The molecule has 0 bridgehead atoms. The summed E-state index contributed by atoms with van der Waals surface area (Å²) in [6, 6.07) is 1.87. The first-order chi connectivity index (χ1) is 9.96. The second-order valence-corrected chi connectivity index (χ2v) is 4.14. The topological polar surface area (TPSA) is 81.9 Å². The van der Waals surface area contributed by atoms with Crippen LogP contribution in [0.15, 0.2) is 12.1 Å². The summed E-state index contributed by atoms with van der Waals surface area (Å²) in [6.07, 6.45) is 0. The molecule has 0 aromatic heterocycles. The number of esters is 1. The van der Waals surface area contributed by atoms with Crippen molar-refractivity contribution < 1.29 is 23.6 Å². The molecule has 0 unspecified atom stereocenters. The quantitative estimate of drug-likeness (QED) is 0.435. The lowest BCUT2D eigenvalue weighted by Gasteiger charge is -2.23. The third-order valence-corrected chi connectivity index (χ3v) is 2.95. The standard InChI is InChI=1S/C13H17FN2O5/c1-4-15(5-6-20-2)12-7-9(13(17)21-3)11(16(18)19)8-10(12)14/h7-8H,4-6H2,1-3H3. The Balaban J connectivity index is 3.33. The number of methoxy groups -OCH3 is 2. The van der Waals surface area contributed by atoms with Gasteiger partial charge in [-0.05, 0) is 13.0 Å². The SMILES string of the molecule is CCN(CCOC)c1cc(C(=O)OC)c([N+](=O)[O-])cc1F. The van der Waals surface area contributed by atoms with Gasteiger partial charge in [0.25, 0.3) is 5.69 Å². The zero-order chi connectivity index (χ0) is 16.0. The molecule has 116 valence electrons. The summed E-state index contributed by atoms with van der Waals surface area (Å²) in [6.45, 7) is 3.01. The molecule has 7 nitrogen and oxygen atoms in total. The molecule has 0 aliphatic heterocycles. The van der Waals surface area contributed by atoms with Crippen LogP contribution in [0, 0.1) is 15.9 Å². The van der Waals surface area contributed by atoms with Crippen molar-refractivity contribution in [1.82, 2.24) is 0 Å². The van der Waals surface area contributed by atoms with Gasteiger partial charge in [-0.25, -0.2) is 9.18 Å². The van der Waals surface area contributed by atoms with Crippen LogP contribution in [0.1, 0.15) is 17.3 Å². The van der Waals surface area contributed by atoms with E-state index in [0.29, 0.717) is 19.7 Å². The number of ether oxygens (including phenoxy) is 2. The van der Waals surface area contributed by atoms with Crippen LogP contribution in [-0.2, 0) is 9.47 Å². The summed E-state index contributed by atoms with van der Waals surface area (Å²) >= 11 is 0. The van der Waals surface area contributed by atoms with Gasteiger partial charge in [0.2, 0.25) is 0 Å². The van der Waals surface area contributed by atoms with Crippen LogP contribution in [0.25, 0.3) is 0 Å². The molecular weight excluding hydrogens is 283 g/mol. The van der Waals surface area contributed by atoms with E-state index in [9.17, 15) is 19.3 Å². The number of halogens is 1. The van der Waals surface area contributed by atoms with Crippen molar-refractivity contribution in [3.8, 4) is 0 Å². The Morgan fingerprint density at radius 3 is 2.57 bits per heavy atom. The summed E-state index contributed by atoms with van der Waals surface area (Å²) in [4.78, 5) is 23.4. The van der Waals surface area contributed by atoms with Crippen molar-refractivity contribution in [3.05, 3.63) is 33.6 Å². The predicted octanol–water partition coefficient (Wildman–Crippen LogP) is 1.99. The Morgan fingerprint density at radius 1 is 1.43 bits per heavy atom. The number of carbonyl (C=O) groups is 1. The van der Waals surface area contributed by atoms with Crippen molar-refractivity contribution in [1.29, 1.82) is 0 Å². The first kappa shape index (κ1) is 16.8. The molecule has 0 fully saturated rings. The van der Waals surface area contributed by atoms with Crippen molar-refractivity contribution >= 4 is 17.3 Å². The second kappa shape index (κ2) is 7.53. The molecule has 0 saturated heterocycles. The summed E-state index contributed by atoms with van der Waals surface area (Å²) < 4.78 is 23.5. The van der Waals surface area contributed by atoms with Crippen LogP contribution in [-0.4, -0.2) is 44.8 Å². The average molecular weight is 300 g/mol. The van der Waals surface area contributed by atoms with Gasteiger partial charge in [-0.15, -0.1) is 0 Å². The number of hydrogen-bond acceptors (Lipinski definition) is 6. The highest BCUT2D eigenvalue weighted by Crippen LogP contribution is 2.29. The maximum Gasteiger partial charge on any atom is 0.344 e. The van der Waals surface area contributed by atoms with Gasteiger partial charge in [0.05, 0.1) is 30.4 Å². The number of nitrogens with zero attached hydrogens (tertiary/aromatic N) is 2. The van der Waals surface area contributed by atoms with Crippen molar-refractivity contribution in [2.75, 3.05) is 38.8 Å². The summed E-state index contributed by atoms with van der Waals surface area (Å²) in [7, 11) is 2.62. The van der Waals surface area contributed by atoms with Gasteiger partial charge < -0.3 is 14.4 Å². The number of likely N-dealkylation sites (N-methyl/N-ethyl adjacent to an activating group) is 1. The minimum absolute atomic E-state index is 0.0977. The molecule has 0 N–H and O–H groups in total. The van der Waals surface area contributed by atoms with E-state index in [2.05, 4.69) is 4.74 Å². The number of nitro groups is 1. The van der Waals surface area contributed by atoms with Gasteiger partial charge in [-0.3, -0.25) is 10.1 Å². The van der Waals surface area contributed by atoms with Crippen molar-refractivity contribution in [3.63, 3.8) is 0 Å². The van der Waals surface area contributed by atoms with Gasteiger partial charge >= 0.3 is 5.97 Å². The zero-order valence-electron chi connectivity index (χ0n) is 12.1. The fourth-order valence-electron chi connectivity index (χ4n) is 1.87. The van der Waals surface area contributed by atoms with E-state index < -0.39 is 22.4 Å². The maximum absolute atomic E-state index is 14.1. The van der Waals surface area contributed by atoms with Crippen molar-refractivity contribution in [2.24, 2.45) is 0 Å². The largest absolute Gasteiger partial charge is 0.465 e. The highest BCUT2D eigenvalue weighted by molar-refractivity contribution is 5.95. The Kier molecular flexibility index (Phi) is 6.04. The van der Waals surface area contributed by atoms with Crippen LogP contribution >= 0.6 is 0 Å². The normalized spacial score (nSPS) is 10.3. The minimum Gasteiger partial charge on any atom is -0.465 e. The van der Waals surface area contributed by atoms with E-state index in [1.54, 1.807) is 11.8 Å². The molecule has 8 heteroatoms. The molecule has 0 heterocycles. The van der Waals surface area contributed by atoms with Gasteiger partial charge in [-0.2, -0.15) is 0 Å². The second-order valence-electron chi connectivity index (χ2n) is 4.14. The molecule has 0 amide bonds. The van der Waals surface area contributed by atoms with Crippen LogP contribution in [0.3, 0.4) is 0 Å². The summed E-state index contributed by atoms with van der Waals surface area (Å²) in [5.41, 5.74) is -0.804. The van der Waals surface area contributed by atoms with Crippen LogP contribution < -0.4 is 4.90 Å². The lowest BCUT2D eigenvalue weighted by atomic mass is 10.1. The van der Waals surface area contributed by atoms with Gasteiger partial charge in [0.15, 0.2) is 5.82 Å². The molecule has 0 atom stereocenters. The van der Waals surface area contributed by atoms with Crippen molar-refractivity contribution in [2.45, 2.75) is 6.92 Å². The molecule has 0 aliphatic carbocycles. The average Bonchev–Trinajstić information content (AvgIpc) is 2.47. The Labute approximate surface area is 121 Å². The third-order valence-electron chi connectivity index (χ3n) is 2.95. The molecule has 1 rings (SSSR count). The first-order valence-electron chi connectivity index (χ1n) is 6.26. The first-order valence-corrected chi connectivity index (χ1v) is 6.26. The lowest BCUT2D eigenvalue weighted by molar-refractivity contribution is -0.385. The zero-order valence-corrected chi connectivity index (χ0v) is 12.1. The van der Waals surface area contributed by atoms with Crippen LogP contribution in [0.2, 0.25) is 0 Å². The maximum atomic E-state index is 14.1. The Hall–Kier alpha value is -2.22. The number of rotatable bonds is 7. The Morgan fingerprint density at radius 2 is 2.10 bits per heavy atom. The van der Waals surface area contributed by atoms with E-state index >= 15 is 0 Å². The van der Waals surface area contributed by atoms with Gasteiger partial charge in [0.1, 0.15) is 5.56 Å². The molecule has 21 heavy (non-hydrogen) atoms. The van der Waals surface area contributed by atoms with E-state index in [1.807, 2.05) is 0 Å². The summed E-state index contributed by atoms with van der Waals surface area (Å²) in [5, 5.41) is 10.9. The number of benzene rings is 1. The van der Waals surface area contributed by atoms with E-state index in [-0.39, 0.29) is 11.3 Å². The van der Waals surface area contributed by atoms with Gasteiger partial charge in [-0.1, -0.05) is 0 Å². The smallest absolute Gasteiger partial charge is 0.344 e. The number of anilines is 1. The summed E-state index contributed by atoms with van der Waals surface area (Å²) in [5.74, 6) is -1.65. The molecule has 0 spiro atoms. The highest BCUT2D eigenvalue weighted by atomic mass is 19.1. The fourth-order valence-corrected chi connectivity index (χ4v) is 1.87. The molecule has 1 aromatic rings. The molecule has 0 radical (unpaired) electrons. The minimum atomic E-state index is -0.884. The molecule has 0 saturated carbocycles. The van der Waals surface area contributed by atoms with E-state index in [4.69, 9.17) is 4.74 Å². The number of nitro benzene ring substituents is 1. The third kappa shape index (κ3) is 3.88. The molecule has 0 aliphatic rings. The highest BCUT2D eigenvalue weighted by Gasteiger charge is 2.25. The number of carbonyl (C=O) groups excluding carboxylic acids is 1. The van der Waals surface area contributed by atoms with Gasteiger partial charge in [0, 0.05) is 20.2 Å². The monoisotopic (exact) mass is 300 g/mol. The Bertz CT molecular complexity index is 536. The molecular formula is C13H17FN2O5. The fraction of sp³-hybridized carbons (Fsp3) is 0.462. The van der Waals surface area contributed by atoms with Crippen LogP contribution in [0.4, 0.5) is 15.8 Å². The van der Waals surface area contributed by atoms with E-state index in [1.165, 1.54) is 7.11 Å².